The normalized spacial score (nSPS) is 15.1. The van der Waals surface area contributed by atoms with Gasteiger partial charge in [-0.05, 0) is 31.2 Å². The second-order valence-corrected chi connectivity index (χ2v) is 6.03. The fourth-order valence-corrected chi connectivity index (χ4v) is 2.98. The second-order valence-electron chi connectivity index (χ2n) is 4.95. The first kappa shape index (κ1) is 13.9. The van der Waals surface area contributed by atoms with Crippen molar-refractivity contribution in [3.63, 3.8) is 0 Å². The largest absolute Gasteiger partial charge is 0.618 e. The van der Waals surface area contributed by atoms with Crippen LogP contribution in [0, 0.1) is 12.1 Å². The van der Waals surface area contributed by atoms with Gasteiger partial charge in [-0.1, -0.05) is 17.7 Å². The average molecular weight is 296 g/mol. The first-order valence-electron chi connectivity index (χ1n) is 6.88. The van der Waals surface area contributed by atoms with Crippen molar-refractivity contribution in [1.29, 1.82) is 0 Å². The molecule has 0 aliphatic carbocycles. The van der Waals surface area contributed by atoms with Gasteiger partial charge in [0.2, 0.25) is 5.69 Å². The molecule has 0 aromatic heterocycles. The zero-order valence-electron chi connectivity index (χ0n) is 11.8. The molecule has 0 saturated heterocycles. The monoisotopic (exact) mass is 296 g/mol. The lowest BCUT2D eigenvalue weighted by Gasteiger charge is -2.05. The van der Waals surface area contributed by atoms with E-state index >= 15 is 0 Å². The van der Waals surface area contributed by atoms with Gasteiger partial charge in [-0.15, -0.1) is 11.8 Å². The minimum absolute atomic E-state index is 0.628. The van der Waals surface area contributed by atoms with Crippen molar-refractivity contribution in [2.24, 2.45) is 4.99 Å². The molecule has 106 valence electrons. The Labute approximate surface area is 128 Å². The van der Waals surface area contributed by atoms with Crippen LogP contribution in [0.1, 0.15) is 16.7 Å². The lowest BCUT2D eigenvalue weighted by Crippen LogP contribution is -1.99. The molecule has 2 aromatic rings. The van der Waals surface area contributed by atoms with E-state index < -0.39 is 0 Å². The van der Waals surface area contributed by atoms with Crippen molar-refractivity contribution in [3.8, 4) is 0 Å². The van der Waals surface area contributed by atoms with Crippen LogP contribution in [0.25, 0.3) is 0 Å². The molecule has 0 unspecified atom stereocenters. The van der Waals surface area contributed by atoms with Gasteiger partial charge in [0.15, 0.2) is 6.21 Å². The van der Waals surface area contributed by atoms with Gasteiger partial charge in [0.25, 0.3) is 0 Å². The Balaban J connectivity index is 1.81. The van der Waals surface area contributed by atoms with Gasteiger partial charge in [0.05, 0.1) is 5.04 Å². The highest BCUT2D eigenvalue weighted by molar-refractivity contribution is 8.14. The first-order valence-corrected chi connectivity index (χ1v) is 7.86. The molecule has 21 heavy (non-hydrogen) atoms. The molecular weight excluding hydrogens is 280 g/mol. The molecule has 2 aromatic carbocycles. The van der Waals surface area contributed by atoms with Crippen molar-refractivity contribution >= 4 is 28.7 Å². The number of benzene rings is 2. The maximum atomic E-state index is 12.2. The smallest absolute Gasteiger partial charge is 0.216 e. The van der Waals surface area contributed by atoms with Crippen LogP contribution < -0.4 is 0 Å². The van der Waals surface area contributed by atoms with Crippen LogP contribution in [-0.2, 0) is 0 Å². The highest BCUT2D eigenvalue weighted by Gasteiger charge is 2.10. The van der Waals surface area contributed by atoms with Gasteiger partial charge < -0.3 is 5.21 Å². The molecule has 0 atom stereocenters. The number of aliphatic imine (C=N–C) groups is 1. The summed E-state index contributed by atoms with van der Waals surface area (Å²) < 4.78 is 0.901. The lowest BCUT2D eigenvalue weighted by atomic mass is 10.2. The summed E-state index contributed by atoms with van der Waals surface area (Å²) in [6.45, 7) is 2.91. The minimum Gasteiger partial charge on any atom is -0.618 e. The van der Waals surface area contributed by atoms with E-state index in [0.717, 1.165) is 33.2 Å². The van der Waals surface area contributed by atoms with Gasteiger partial charge in [-0.2, -0.15) is 4.74 Å². The predicted molar refractivity (Wildman–Crippen MR) is 89.9 cm³/mol. The van der Waals surface area contributed by atoms with Gasteiger partial charge in [-0.3, -0.25) is 4.99 Å². The molecule has 0 fully saturated rings. The second kappa shape index (κ2) is 6.14. The predicted octanol–water partition coefficient (Wildman–Crippen LogP) is 3.75. The number of rotatable bonds is 3. The molecule has 0 spiro atoms. The summed E-state index contributed by atoms with van der Waals surface area (Å²) >= 11 is 1.76. The number of aryl methyl sites for hydroxylation is 1. The van der Waals surface area contributed by atoms with Crippen molar-refractivity contribution in [3.05, 3.63) is 70.4 Å². The quantitative estimate of drug-likeness (QED) is 0.374. The van der Waals surface area contributed by atoms with E-state index in [-0.39, 0.29) is 0 Å². The minimum atomic E-state index is 0.628. The fraction of sp³-hybridized carbons (Fsp3) is 0.176. The highest BCUT2D eigenvalue weighted by atomic mass is 32.2. The Kier molecular flexibility index (Phi) is 4.06. The van der Waals surface area contributed by atoms with E-state index in [1.165, 1.54) is 5.56 Å². The summed E-state index contributed by atoms with van der Waals surface area (Å²) in [5, 5.41) is 13.2. The number of hydrogen-bond donors (Lipinski definition) is 0. The summed E-state index contributed by atoms with van der Waals surface area (Å²) in [6.07, 6.45) is 1.59. The van der Waals surface area contributed by atoms with E-state index in [0.29, 0.717) is 5.69 Å². The van der Waals surface area contributed by atoms with Crippen molar-refractivity contribution in [2.75, 3.05) is 12.3 Å². The van der Waals surface area contributed by atoms with Crippen molar-refractivity contribution < 1.29 is 4.74 Å². The van der Waals surface area contributed by atoms with Crippen LogP contribution in [0.4, 0.5) is 5.69 Å². The average Bonchev–Trinajstić information content (AvgIpc) is 3.04. The molecule has 1 aliphatic heterocycles. The Morgan fingerprint density at radius 2 is 1.81 bits per heavy atom. The maximum Gasteiger partial charge on any atom is 0.216 e. The molecule has 4 heteroatoms. The molecule has 0 N–H and O–H groups in total. The molecule has 0 amide bonds. The van der Waals surface area contributed by atoms with E-state index in [1.54, 1.807) is 18.0 Å². The van der Waals surface area contributed by atoms with E-state index in [2.05, 4.69) is 4.99 Å². The third-order valence-electron chi connectivity index (χ3n) is 3.30. The van der Waals surface area contributed by atoms with Gasteiger partial charge >= 0.3 is 0 Å². The number of nitrogens with zero attached hydrogens (tertiary/aromatic N) is 2. The van der Waals surface area contributed by atoms with Crippen LogP contribution in [0.15, 0.2) is 53.5 Å². The summed E-state index contributed by atoms with van der Waals surface area (Å²) in [5.74, 6) is 1.05. The molecule has 0 saturated carbocycles. The Morgan fingerprint density at radius 1 is 1.10 bits per heavy atom. The number of thioether (sulfide) groups is 1. The van der Waals surface area contributed by atoms with Crippen LogP contribution >= 0.6 is 11.8 Å². The number of hydrogen-bond acceptors (Lipinski definition) is 3. The molecule has 1 heterocycles. The maximum absolute atomic E-state index is 12.2. The Hall–Kier alpha value is -2.07. The Bertz CT molecular complexity index is 688. The van der Waals surface area contributed by atoms with E-state index in [4.69, 9.17) is 0 Å². The van der Waals surface area contributed by atoms with Crippen molar-refractivity contribution in [1.82, 2.24) is 0 Å². The topological polar surface area (TPSA) is 38.4 Å². The van der Waals surface area contributed by atoms with Crippen LogP contribution in [-0.4, -0.2) is 28.3 Å². The van der Waals surface area contributed by atoms with E-state index in [9.17, 15) is 5.21 Å². The molecular formula is C17H16N2OS. The van der Waals surface area contributed by atoms with Crippen molar-refractivity contribution in [2.45, 2.75) is 6.92 Å². The first-order chi connectivity index (χ1) is 10.2. The van der Waals surface area contributed by atoms with Gasteiger partial charge in [0.1, 0.15) is 0 Å². The van der Waals surface area contributed by atoms with Crippen LogP contribution in [0.2, 0.25) is 0 Å². The molecule has 3 rings (SSSR count). The lowest BCUT2D eigenvalue weighted by molar-refractivity contribution is -0.354. The third-order valence-corrected chi connectivity index (χ3v) is 4.32. The van der Waals surface area contributed by atoms with Crippen LogP contribution in [0.5, 0.6) is 0 Å². The highest BCUT2D eigenvalue weighted by Crippen LogP contribution is 2.21. The molecule has 0 radical (unpaired) electrons. The van der Waals surface area contributed by atoms with E-state index in [1.807, 2.05) is 55.5 Å². The molecule has 3 nitrogen and oxygen atoms in total. The standard InChI is InChI=1S/C17H16N2OS/c1-13-2-4-14(5-3-13)12-19(20)16-8-6-15(7-9-16)17-18-10-11-21-17/h2-9,12H,10-11H2,1H3. The SMILES string of the molecule is Cc1ccc(C=[N+]([O-])c2ccc(C3=NCCS3)cc2)cc1. The zero-order chi connectivity index (χ0) is 14.7. The summed E-state index contributed by atoms with van der Waals surface area (Å²) in [4.78, 5) is 4.44. The Morgan fingerprint density at radius 3 is 2.43 bits per heavy atom. The summed E-state index contributed by atoms with van der Waals surface area (Å²) in [6, 6.07) is 15.5. The zero-order valence-corrected chi connectivity index (χ0v) is 12.6. The molecule has 0 bridgehead atoms. The van der Waals surface area contributed by atoms with Gasteiger partial charge in [0, 0.05) is 35.6 Å². The summed E-state index contributed by atoms with van der Waals surface area (Å²) in [7, 11) is 0. The van der Waals surface area contributed by atoms with Gasteiger partial charge in [-0.25, -0.2) is 0 Å². The fourth-order valence-electron chi connectivity index (χ4n) is 2.12. The molecule has 1 aliphatic rings. The third kappa shape index (κ3) is 3.34. The summed E-state index contributed by atoms with van der Waals surface area (Å²) in [5.41, 5.74) is 3.80. The van der Waals surface area contributed by atoms with Crippen LogP contribution in [0.3, 0.4) is 0 Å².